The van der Waals surface area contributed by atoms with Gasteiger partial charge in [-0.3, -0.25) is 9.69 Å². The third-order valence-electron chi connectivity index (χ3n) is 3.71. The van der Waals surface area contributed by atoms with Gasteiger partial charge in [0.2, 0.25) is 5.91 Å². The van der Waals surface area contributed by atoms with Crippen molar-refractivity contribution in [1.29, 1.82) is 0 Å². The second kappa shape index (κ2) is 8.48. The zero-order chi connectivity index (χ0) is 13.4. The molecule has 0 spiro atoms. The molecule has 2 N–H and O–H groups in total. The van der Waals surface area contributed by atoms with E-state index in [0.29, 0.717) is 6.04 Å². The summed E-state index contributed by atoms with van der Waals surface area (Å²) in [5.74, 6) is 0.122. The van der Waals surface area contributed by atoms with E-state index in [-0.39, 0.29) is 11.9 Å². The lowest BCUT2D eigenvalue weighted by molar-refractivity contribution is -0.122. The van der Waals surface area contributed by atoms with E-state index in [1.54, 1.807) is 0 Å². The number of carbonyl (C=O) groups is 1. The highest BCUT2D eigenvalue weighted by atomic mass is 16.2. The molecule has 2 atom stereocenters. The van der Waals surface area contributed by atoms with Gasteiger partial charge < -0.3 is 10.6 Å². The largest absolute Gasteiger partial charge is 0.355 e. The van der Waals surface area contributed by atoms with E-state index in [1.165, 1.54) is 25.9 Å². The Morgan fingerprint density at radius 3 is 2.56 bits per heavy atom. The summed E-state index contributed by atoms with van der Waals surface area (Å²) in [5.41, 5.74) is 0. The Morgan fingerprint density at radius 1 is 1.28 bits per heavy atom. The SMILES string of the molecule is CCCCNC(=O)C(C)NCC(C)N1CCCC1. The van der Waals surface area contributed by atoms with Crippen molar-refractivity contribution in [3.05, 3.63) is 0 Å². The van der Waals surface area contributed by atoms with E-state index in [9.17, 15) is 4.79 Å². The van der Waals surface area contributed by atoms with Crippen molar-refractivity contribution in [1.82, 2.24) is 15.5 Å². The van der Waals surface area contributed by atoms with Gasteiger partial charge in [0.15, 0.2) is 0 Å². The lowest BCUT2D eigenvalue weighted by Crippen LogP contribution is -2.47. The van der Waals surface area contributed by atoms with Crippen molar-refractivity contribution in [3.63, 3.8) is 0 Å². The summed E-state index contributed by atoms with van der Waals surface area (Å²) >= 11 is 0. The number of nitrogens with zero attached hydrogens (tertiary/aromatic N) is 1. The third-order valence-corrected chi connectivity index (χ3v) is 3.71. The molecule has 1 heterocycles. The molecule has 0 radical (unpaired) electrons. The van der Waals surface area contributed by atoms with Crippen LogP contribution in [0.25, 0.3) is 0 Å². The van der Waals surface area contributed by atoms with Gasteiger partial charge in [-0.2, -0.15) is 0 Å². The van der Waals surface area contributed by atoms with Gasteiger partial charge in [-0.05, 0) is 46.2 Å². The molecule has 1 fully saturated rings. The van der Waals surface area contributed by atoms with E-state index < -0.39 is 0 Å². The number of hydrogen-bond donors (Lipinski definition) is 2. The molecular weight excluding hydrogens is 226 g/mol. The fourth-order valence-electron chi connectivity index (χ4n) is 2.29. The molecule has 1 rings (SSSR count). The highest BCUT2D eigenvalue weighted by molar-refractivity contribution is 5.81. The molecule has 1 amide bonds. The van der Waals surface area contributed by atoms with Crippen LogP contribution in [0.5, 0.6) is 0 Å². The maximum absolute atomic E-state index is 11.8. The van der Waals surface area contributed by atoms with Crippen LogP contribution in [0.3, 0.4) is 0 Å². The Bertz CT molecular complexity index is 239. The topological polar surface area (TPSA) is 44.4 Å². The molecule has 1 saturated heterocycles. The van der Waals surface area contributed by atoms with Crippen LogP contribution >= 0.6 is 0 Å². The first kappa shape index (κ1) is 15.4. The monoisotopic (exact) mass is 255 g/mol. The van der Waals surface area contributed by atoms with Crippen molar-refractivity contribution in [2.75, 3.05) is 26.2 Å². The first-order valence-electron chi connectivity index (χ1n) is 7.40. The Morgan fingerprint density at radius 2 is 1.94 bits per heavy atom. The minimum Gasteiger partial charge on any atom is -0.355 e. The molecule has 18 heavy (non-hydrogen) atoms. The first-order valence-corrected chi connectivity index (χ1v) is 7.40. The Labute approximate surface area is 111 Å². The van der Waals surface area contributed by atoms with Gasteiger partial charge >= 0.3 is 0 Å². The van der Waals surface area contributed by atoms with E-state index in [0.717, 1.165) is 25.9 Å². The van der Waals surface area contributed by atoms with Crippen molar-refractivity contribution in [3.8, 4) is 0 Å². The summed E-state index contributed by atoms with van der Waals surface area (Å²) in [5, 5.41) is 6.29. The number of likely N-dealkylation sites (tertiary alicyclic amines) is 1. The Hall–Kier alpha value is -0.610. The van der Waals surface area contributed by atoms with Gasteiger partial charge in [-0.25, -0.2) is 0 Å². The van der Waals surface area contributed by atoms with Gasteiger partial charge in [0.1, 0.15) is 0 Å². The molecule has 106 valence electrons. The molecule has 4 heteroatoms. The summed E-state index contributed by atoms with van der Waals surface area (Å²) < 4.78 is 0. The van der Waals surface area contributed by atoms with Crippen LogP contribution in [0, 0.1) is 0 Å². The van der Waals surface area contributed by atoms with Crippen LogP contribution in [-0.2, 0) is 4.79 Å². The zero-order valence-electron chi connectivity index (χ0n) is 12.2. The third kappa shape index (κ3) is 5.36. The fourth-order valence-corrected chi connectivity index (χ4v) is 2.29. The smallest absolute Gasteiger partial charge is 0.236 e. The molecule has 1 aliphatic heterocycles. The summed E-state index contributed by atoms with van der Waals surface area (Å²) in [6, 6.07) is 0.435. The quantitative estimate of drug-likeness (QED) is 0.644. The predicted molar refractivity (Wildman–Crippen MR) is 75.7 cm³/mol. The zero-order valence-corrected chi connectivity index (χ0v) is 12.2. The van der Waals surface area contributed by atoms with Crippen molar-refractivity contribution < 1.29 is 4.79 Å². The molecule has 0 aromatic heterocycles. The number of nitrogens with one attached hydrogen (secondary N) is 2. The molecule has 0 aliphatic carbocycles. The maximum Gasteiger partial charge on any atom is 0.236 e. The minimum absolute atomic E-state index is 0.0908. The average molecular weight is 255 g/mol. The average Bonchev–Trinajstić information content (AvgIpc) is 2.89. The summed E-state index contributed by atoms with van der Waals surface area (Å²) in [6.45, 7) is 10.4. The van der Waals surface area contributed by atoms with Crippen LogP contribution in [0.15, 0.2) is 0 Å². The van der Waals surface area contributed by atoms with E-state index in [4.69, 9.17) is 0 Å². The van der Waals surface area contributed by atoms with E-state index >= 15 is 0 Å². The second-order valence-electron chi connectivity index (χ2n) is 5.37. The van der Waals surface area contributed by atoms with Gasteiger partial charge in [0.25, 0.3) is 0 Å². The molecular formula is C14H29N3O. The van der Waals surface area contributed by atoms with Crippen LogP contribution in [-0.4, -0.2) is 49.1 Å². The summed E-state index contributed by atoms with van der Waals surface area (Å²) in [4.78, 5) is 14.3. The first-order chi connectivity index (χ1) is 8.65. The number of unbranched alkanes of at least 4 members (excludes halogenated alkanes) is 1. The molecule has 0 aromatic carbocycles. The molecule has 0 aromatic rings. The second-order valence-corrected chi connectivity index (χ2v) is 5.37. The molecule has 4 nitrogen and oxygen atoms in total. The fraction of sp³-hybridized carbons (Fsp3) is 0.929. The standard InChI is InChI=1S/C14H29N3O/c1-4-5-8-15-14(18)13(3)16-11-12(2)17-9-6-7-10-17/h12-13,16H,4-11H2,1-3H3,(H,15,18). The normalized spacial score (nSPS) is 19.7. The highest BCUT2D eigenvalue weighted by Crippen LogP contribution is 2.10. The van der Waals surface area contributed by atoms with E-state index in [1.807, 2.05) is 6.92 Å². The van der Waals surface area contributed by atoms with E-state index in [2.05, 4.69) is 29.4 Å². The molecule has 1 aliphatic rings. The van der Waals surface area contributed by atoms with Crippen molar-refractivity contribution in [2.24, 2.45) is 0 Å². The van der Waals surface area contributed by atoms with Crippen LogP contribution in [0.1, 0.15) is 46.5 Å². The van der Waals surface area contributed by atoms with Crippen LogP contribution < -0.4 is 10.6 Å². The van der Waals surface area contributed by atoms with Crippen molar-refractivity contribution >= 4 is 5.91 Å². The van der Waals surface area contributed by atoms with Gasteiger partial charge in [0.05, 0.1) is 6.04 Å². The molecule has 2 unspecified atom stereocenters. The lowest BCUT2D eigenvalue weighted by atomic mass is 10.2. The lowest BCUT2D eigenvalue weighted by Gasteiger charge is -2.25. The predicted octanol–water partition coefficient (Wildman–Crippen LogP) is 1.37. The molecule has 0 bridgehead atoms. The number of rotatable bonds is 8. The number of hydrogen-bond acceptors (Lipinski definition) is 3. The van der Waals surface area contributed by atoms with Crippen LogP contribution in [0.2, 0.25) is 0 Å². The van der Waals surface area contributed by atoms with Gasteiger partial charge in [-0.1, -0.05) is 13.3 Å². The minimum atomic E-state index is -0.0908. The maximum atomic E-state index is 11.8. The van der Waals surface area contributed by atoms with Crippen LogP contribution in [0.4, 0.5) is 0 Å². The summed E-state index contributed by atoms with van der Waals surface area (Å²) in [7, 11) is 0. The Balaban J connectivity index is 2.14. The molecule has 0 saturated carbocycles. The van der Waals surface area contributed by atoms with Crippen molar-refractivity contribution in [2.45, 2.75) is 58.5 Å². The van der Waals surface area contributed by atoms with Gasteiger partial charge in [-0.15, -0.1) is 0 Å². The Kier molecular flexibility index (Phi) is 7.28. The summed E-state index contributed by atoms with van der Waals surface area (Å²) in [6.07, 6.45) is 4.81. The highest BCUT2D eigenvalue weighted by Gasteiger charge is 2.19. The number of amides is 1. The number of carbonyl (C=O) groups excluding carboxylic acids is 1. The van der Waals surface area contributed by atoms with Gasteiger partial charge in [0, 0.05) is 19.1 Å².